The molecule has 0 N–H and O–H groups in total. The van der Waals surface area contributed by atoms with E-state index in [4.69, 9.17) is 10.00 Å². The van der Waals surface area contributed by atoms with Crippen LogP contribution < -0.4 is 0 Å². The van der Waals surface area contributed by atoms with Gasteiger partial charge in [-0.05, 0) is 18.8 Å². The summed E-state index contributed by atoms with van der Waals surface area (Å²) in [5.41, 5.74) is -0.309. The van der Waals surface area contributed by atoms with Crippen molar-refractivity contribution < 1.29 is 9.53 Å². The van der Waals surface area contributed by atoms with Crippen LogP contribution in [-0.4, -0.2) is 12.1 Å². The van der Waals surface area contributed by atoms with E-state index in [1.807, 2.05) is 19.9 Å². The number of nitrogens with zero attached hydrogens (tertiary/aromatic N) is 1. The highest BCUT2D eigenvalue weighted by Gasteiger charge is 2.29. The number of allylic oxidation sites excluding steroid dienone is 1. The van der Waals surface area contributed by atoms with Gasteiger partial charge in [0.05, 0.1) is 6.07 Å². The van der Waals surface area contributed by atoms with Crippen molar-refractivity contribution in [3.63, 3.8) is 0 Å². The van der Waals surface area contributed by atoms with Gasteiger partial charge in [0, 0.05) is 18.4 Å². The summed E-state index contributed by atoms with van der Waals surface area (Å²) in [6.45, 7) is 9.67. The second-order valence-corrected chi connectivity index (χ2v) is 5.35. The molecule has 0 aliphatic rings. The van der Waals surface area contributed by atoms with Gasteiger partial charge in [-0.1, -0.05) is 33.8 Å². The topological polar surface area (TPSA) is 50.1 Å². The average Bonchev–Trinajstić information content (AvgIpc) is 2.20. The van der Waals surface area contributed by atoms with Crippen LogP contribution in [0.3, 0.4) is 0 Å². The average molecular weight is 237 g/mol. The molecule has 0 amide bonds. The molecule has 1 unspecified atom stereocenters. The predicted molar refractivity (Wildman–Crippen MR) is 68.2 cm³/mol. The normalized spacial score (nSPS) is 13.7. The summed E-state index contributed by atoms with van der Waals surface area (Å²) in [5, 5.41) is 8.57. The Kier molecular flexibility index (Phi) is 6.57. The lowest BCUT2D eigenvalue weighted by Crippen LogP contribution is -2.32. The number of rotatable bonds is 6. The van der Waals surface area contributed by atoms with E-state index < -0.39 is 0 Å². The van der Waals surface area contributed by atoms with Crippen molar-refractivity contribution in [1.82, 2.24) is 0 Å². The second kappa shape index (κ2) is 7.11. The summed E-state index contributed by atoms with van der Waals surface area (Å²) in [4.78, 5) is 11.1. The fourth-order valence-corrected chi connectivity index (χ4v) is 1.63. The molecule has 0 radical (unpaired) electrons. The Hall–Kier alpha value is -1.30. The van der Waals surface area contributed by atoms with E-state index in [9.17, 15) is 4.79 Å². The van der Waals surface area contributed by atoms with Crippen LogP contribution in [-0.2, 0) is 9.53 Å². The van der Waals surface area contributed by atoms with Crippen LogP contribution in [0.25, 0.3) is 0 Å². The molecule has 1 atom stereocenters. The maximum atomic E-state index is 11.1. The van der Waals surface area contributed by atoms with Crippen molar-refractivity contribution in [1.29, 1.82) is 5.26 Å². The Morgan fingerprint density at radius 1 is 1.41 bits per heavy atom. The first-order valence-electron chi connectivity index (χ1n) is 6.04. The quantitative estimate of drug-likeness (QED) is 0.525. The van der Waals surface area contributed by atoms with Gasteiger partial charge < -0.3 is 4.74 Å². The number of esters is 1. The van der Waals surface area contributed by atoms with Gasteiger partial charge in [-0.2, -0.15) is 5.26 Å². The lowest BCUT2D eigenvalue weighted by atomic mass is 9.82. The van der Waals surface area contributed by atoms with E-state index in [-0.39, 0.29) is 17.5 Å². The van der Waals surface area contributed by atoms with E-state index in [2.05, 4.69) is 13.8 Å². The van der Waals surface area contributed by atoms with Gasteiger partial charge >= 0.3 is 5.97 Å². The van der Waals surface area contributed by atoms with Crippen LogP contribution in [0.1, 0.15) is 47.5 Å². The first-order valence-corrected chi connectivity index (χ1v) is 6.04. The first-order chi connectivity index (χ1) is 7.79. The largest absolute Gasteiger partial charge is 0.462 e. The highest BCUT2D eigenvalue weighted by molar-refractivity contribution is 5.66. The summed E-state index contributed by atoms with van der Waals surface area (Å²) in [5.74, 6) is 0.306. The number of carbonyl (C=O) groups excluding carboxylic acids is 1. The monoisotopic (exact) mass is 237 g/mol. The van der Waals surface area contributed by atoms with Crippen LogP contribution in [0.4, 0.5) is 0 Å². The number of hydrogen-bond donors (Lipinski definition) is 0. The molecule has 0 saturated carbocycles. The molecule has 0 aromatic carbocycles. The minimum absolute atomic E-state index is 0.174. The van der Waals surface area contributed by atoms with Crippen LogP contribution in [0.5, 0.6) is 0 Å². The number of nitriles is 1. The van der Waals surface area contributed by atoms with Crippen LogP contribution in [0, 0.1) is 22.7 Å². The number of hydrogen-bond acceptors (Lipinski definition) is 3. The molecule has 0 rings (SSSR count). The van der Waals surface area contributed by atoms with Gasteiger partial charge in [-0.25, -0.2) is 0 Å². The van der Waals surface area contributed by atoms with Gasteiger partial charge in [0.2, 0.25) is 0 Å². The van der Waals surface area contributed by atoms with Crippen molar-refractivity contribution in [2.45, 2.75) is 53.6 Å². The fraction of sp³-hybridized carbons (Fsp3) is 0.714. The third-order valence-corrected chi connectivity index (χ3v) is 2.73. The van der Waals surface area contributed by atoms with Crippen molar-refractivity contribution in [2.24, 2.45) is 11.3 Å². The van der Waals surface area contributed by atoms with E-state index >= 15 is 0 Å². The lowest BCUT2D eigenvalue weighted by molar-refractivity contribution is -0.151. The molecule has 0 fully saturated rings. The second-order valence-electron chi connectivity index (χ2n) is 5.35. The number of ether oxygens (including phenoxy) is 1. The molecule has 3 heteroatoms. The molecule has 96 valence electrons. The zero-order valence-corrected chi connectivity index (χ0v) is 11.5. The molecule has 0 aliphatic carbocycles. The zero-order chi connectivity index (χ0) is 13.5. The van der Waals surface area contributed by atoms with Gasteiger partial charge in [0.1, 0.15) is 6.10 Å². The Balaban J connectivity index is 4.71. The van der Waals surface area contributed by atoms with Gasteiger partial charge in [-0.15, -0.1) is 0 Å². The Morgan fingerprint density at radius 3 is 2.41 bits per heavy atom. The Bertz CT molecular complexity index is 311. The van der Waals surface area contributed by atoms with Crippen molar-refractivity contribution in [3.05, 3.63) is 12.2 Å². The van der Waals surface area contributed by atoms with Crippen molar-refractivity contribution in [3.8, 4) is 6.07 Å². The molecule has 0 spiro atoms. The zero-order valence-electron chi connectivity index (χ0n) is 11.5. The molecule has 0 saturated heterocycles. The minimum atomic E-state index is -0.309. The molecular formula is C14H23NO2. The van der Waals surface area contributed by atoms with Crippen LogP contribution >= 0.6 is 0 Å². The first kappa shape index (κ1) is 15.7. The molecule has 0 aromatic heterocycles. The van der Waals surface area contributed by atoms with E-state index in [1.54, 1.807) is 6.08 Å². The summed E-state index contributed by atoms with van der Waals surface area (Å²) in [6, 6.07) is 1.98. The Morgan fingerprint density at radius 2 is 2.00 bits per heavy atom. The van der Waals surface area contributed by atoms with Gasteiger partial charge in [0.25, 0.3) is 0 Å². The molecule has 0 heterocycles. The predicted octanol–water partition coefficient (Wildman–Crippen LogP) is 3.46. The third kappa shape index (κ3) is 6.78. The smallest absolute Gasteiger partial charge is 0.302 e. The van der Waals surface area contributed by atoms with Crippen LogP contribution in [0.2, 0.25) is 0 Å². The summed E-state index contributed by atoms with van der Waals surface area (Å²) >= 11 is 0. The minimum Gasteiger partial charge on any atom is -0.462 e. The van der Waals surface area contributed by atoms with Gasteiger partial charge in [-0.3, -0.25) is 4.79 Å². The Labute approximate surface area is 104 Å². The number of carbonyl (C=O) groups is 1. The third-order valence-electron chi connectivity index (χ3n) is 2.73. The molecule has 17 heavy (non-hydrogen) atoms. The van der Waals surface area contributed by atoms with Gasteiger partial charge in [0.15, 0.2) is 0 Å². The molecular weight excluding hydrogens is 214 g/mol. The summed E-state index contributed by atoms with van der Waals surface area (Å²) in [7, 11) is 0. The molecule has 0 aliphatic heterocycles. The summed E-state index contributed by atoms with van der Waals surface area (Å²) < 4.78 is 5.36. The lowest BCUT2D eigenvalue weighted by Gasteiger charge is -2.31. The standard InChI is InChI=1S/C14H23NO2/c1-11(2)7-8-13(17-12(3)16)14(4,5)9-6-10-15/h6,9,11,13H,7-8H2,1-5H3. The highest BCUT2D eigenvalue weighted by atomic mass is 16.5. The van der Waals surface area contributed by atoms with E-state index in [0.717, 1.165) is 12.8 Å². The molecule has 0 aromatic rings. The fourth-order valence-electron chi connectivity index (χ4n) is 1.63. The molecule has 3 nitrogen and oxygen atoms in total. The van der Waals surface area contributed by atoms with Crippen LogP contribution in [0.15, 0.2) is 12.2 Å². The van der Waals surface area contributed by atoms with E-state index in [0.29, 0.717) is 5.92 Å². The highest BCUT2D eigenvalue weighted by Crippen LogP contribution is 2.29. The van der Waals surface area contributed by atoms with Crippen molar-refractivity contribution >= 4 is 5.97 Å². The maximum absolute atomic E-state index is 11.1. The van der Waals surface area contributed by atoms with Crippen molar-refractivity contribution in [2.75, 3.05) is 0 Å². The maximum Gasteiger partial charge on any atom is 0.302 e. The summed E-state index contributed by atoms with van der Waals surface area (Å²) in [6.07, 6.45) is 4.90. The van der Waals surface area contributed by atoms with E-state index in [1.165, 1.54) is 13.0 Å². The molecule has 0 bridgehead atoms. The SMILES string of the molecule is CC(=O)OC(CCC(C)C)C(C)(C)C=CC#N.